The number of nitrogen functional groups attached to an aromatic ring is 1. The summed E-state index contributed by atoms with van der Waals surface area (Å²) in [6, 6.07) is 21.0. The maximum absolute atomic E-state index is 12.9. The summed E-state index contributed by atoms with van der Waals surface area (Å²) in [7, 11) is 0. The summed E-state index contributed by atoms with van der Waals surface area (Å²) >= 11 is 0. The summed E-state index contributed by atoms with van der Waals surface area (Å²) in [5.41, 5.74) is 10.2. The van der Waals surface area contributed by atoms with E-state index in [1.165, 1.54) is 24.8 Å². The zero-order chi connectivity index (χ0) is 26.1. The Kier molecular flexibility index (Phi) is 6.64. The first-order valence-electron chi connectivity index (χ1n) is 13.2. The van der Waals surface area contributed by atoms with Crippen LogP contribution >= 0.6 is 0 Å². The summed E-state index contributed by atoms with van der Waals surface area (Å²) in [6.07, 6.45) is 3.49. The number of ether oxygens (including phenoxy) is 2. The van der Waals surface area contributed by atoms with Crippen molar-refractivity contribution < 1.29 is 19.1 Å². The van der Waals surface area contributed by atoms with Crippen LogP contribution in [0.25, 0.3) is 0 Å². The Morgan fingerprint density at radius 3 is 2.66 bits per heavy atom. The van der Waals surface area contributed by atoms with Gasteiger partial charge in [0.1, 0.15) is 19.0 Å². The van der Waals surface area contributed by atoms with Crippen molar-refractivity contribution in [1.82, 2.24) is 5.32 Å². The number of nitrogens with one attached hydrogen (secondary N) is 2. The van der Waals surface area contributed by atoms with Crippen LogP contribution in [0.15, 0.2) is 66.7 Å². The molecule has 8 nitrogen and oxygen atoms in total. The maximum Gasteiger partial charge on any atom is 0.414 e. The largest absolute Gasteiger partial charge is 0.490 e. The number of rotatable bonds is 8. The van der Waals surface area contributed by atoms with Gasteiger partial charge < -0.3 is 25.8 Å². The van der Waals surface area contributed by atoms with Gasteiger partial charge in [0.05, 0.1) is 23.6 Å². The van der Waals surface area contributed by atoms with Crippen LogP contribution in [0.5, 0.6) is 5.75 Å². The number of carbonyl (C=O) groups excluding carboxylic acids is 2. The molecule has 6 rings (SSSR count). The molecule has 0 spiro atoms. The molecule has 2 atom stereocenters. The normalized spacial score (nSPS) is 19.7. The maximum atomic E-state index is 12.9. The van der Waals surface area contributed by atoms with Crippen LogP contribution in [0.3, 0.4) is 0 Å². The van der Waals surface area contributed by atoms with Gasteiger partial charge in [-0.1, -0.05) is 36.4 Å². The van der Waals surface area contributed by atoms with E-state index in [-0.39, 0.29) is 12.5 Å². The van der Waals surface area contributed by atoms with E-state index in [9.17, 15) is 9.59 Å². The highest BCUT2D eigenvalue weighted by molar-refractivity contribution is 6.06. The van der Waals surface area contributed by atoms with E-state index in [0.29, 0.717) is 53.5 Å². The van der Waals surface area contributed by atoms with Crippen LogP contribution in [-0.2, 0) is 11.3 Å². The third-order valence-electron chi connectivity index (χ3n) is 7.44. The number of anilines is 3. The molecule has 2 fully saturated rings. The van der Waals surface area contributed by atoms with Crippen molar-refractivity contribution in [3.05, 3.63) is 83.4 Å². The van der Waals surface area contributed by atoms with E-state index in [4.69, 9.17) is 15.2 Å². The molecule has 2 aliphatic carbocycles. The Morgan fingerprint density at radius 2 is 1.87 bits per heavy atom. The van der Waals surface area contributed by atoms with Crippen molar-refractivity contribution in [3.8, 4) is 5.75 Å². The third-order valence-corrected chi connectivity index (χ3v) is 7.44. The Bertz CT molecular complexity index is 1340. The fourth-order valence-corrected chi connectivity index (χ4v) is 4.87. The average Bonchev–Trinajstić information content (AvgIpc) is 3.87. The van der Waals surface area contributed by atoms with Crippen molar-refractivity contribution in [2.75, 3.05) is 35.6 Å². The number of nitrogens with zero attached hydrogens (tertiary/aromatic N) is 1. The fraction of sp³-hybridized carbons (Fsp3) is 0.333. The van der Waals surface area contributed by atoms with Gasteiger partial charge in [0.25, 0.3) is 5.91 Å². The standard InChI is InChI=1S/C30H32N4O4/c31-24-3-1-2-4-25(24)33-29(35)22-11-12-27-28(15-22)37-14-13-34(27)30(36)38-18-20-7-9-21(10-8-20)23-16-26(23)32-17-19-5-6-19/h1-4,7-12,15,19,23,26,32H,5-6,13-14,16-18,31H2,(H,33,35)/t23-,26?/m1/s1. The highest BCUT2D eigenvalue weighted by Crippen LogP contribution is 2.41. The minimum atomic E-state index is -0.445. The average molecular weight is 513 g/mol. The number of benzene rings is 3. The summed E-state index contributed by atoms with van der Waals surface area (Å²) in [5, 5.41) is 6.48. The predicted octanol–water partition coefficient (Wildman–Crippen LogP) is 4.91. The van der Waals surface area contributed by atoms with Gasteiger partial charge in [-0.2, -0.15) is 0 Å². The van der Waals surface area contributed by atoms with Gasteiger partial charge in [-0.05, 0) is 73.2 Å². The molecular weight excluding hydrogens is 480 g/mol. The number of amides is 2. The molecule has 0 saturated heterocycles. The van der Waals surface area contributed by atoms with E-state index < -0.39 is 6.09 Å². The molecule has 196 valence electrons. The summed E-state index contributed by atoms with van der Waals surface area (Å²) in [6.45, 7) is 2.02. The zero-order valence-electron chi connectivity index (χ0n) is 21.2. The number of hydrogen-bond acceptors (Lipinski definition) is 6. The third kappa shape index (κ3) is 5.45. The number of fused-ring (bicyclic) bond motifs is 1. The highest BCUT2D eigenvalue weighted by atomic mass is 16.6. The molecular formula is C30H32N4O4. The molecule has 2 amide bonds. The van der Waals surface area contributed by atoms with Gasteiger partial charge in [-0.3, -0.25) is 9.69 Å². The molecule has 1 heterocycles. The van der Waals surface area contributed by atoms with Crippen LogP contribution in [-0.4, -0.2) is 37.7 Å². The number of nitrogens with two attached hydrogens (primary N) is 1. The van der Waals surface area contributed by atoms with E-state index in [1.54, 1.807) is 47.4 Å². The van der Waals surface area contributed by atoms with Gasteiger partial charge in [0.15, 0.2) is 0 Å². The smallest absolute Gasteiger partial charge is 0.414 e. The molecule has 1 unspecified atom stereocenters. The minimum Gasteiger partial charge on any atom is -0.490 e. The molecule has 38 heavy (non-hydrogen) atoms. The zero-order valence-corrected chi connectivity index (χ0v) is 21.2. The van der Waals surface area contributed by atoms with Crippen molar-refractivity contribution in [2.45, 2.75) is 37.8 Å². The molecule has 1 aliphatic heterocycles. The summed E-state index contributed by atoms with van der Waals surface area (Å²) in [5.74, 6) is 1.63. The number of para-hydroxylation sites is 2. The second-order valence-corrected chi connectivity index (χ2v) is 10.3. The van der Waals surface area contributed by atoms with Gasteiger partial charge in [-0.25, -0.2) is 4.79 Å². The van der Waals surface area contributed by atoms with Crippen LogP contribution in [0.2, 0.25) is 0 Å². The number of hydrogen-bond donors (Lipinski definition) is 3. The molecule has 0 radical (unpaired) electrons. The van der Waals surface area contributed by atoms with Crippen molar-refractivity contribution in [2.24, 2.45) is 5.92 Å². The topological polar surface area (TPSA) is 106 Å². The first-order valence-corrected chi connectivity index (χ1v) is 13.2. The lowest BCUT2D eigenvalue weighted by Crippen LogP contribution is -2.38. The van der Waals surface area contributed by atoms with E-state index in [1.807, 2.05) is 12.1 Å². The van der Waals surface area contributed by atoms with Crippen LogP contribution in [0, 0.1) is 5.92 Å². The molecule has 4 N–H and O–H groups in total. The van der Waals surface area contributed by atoms with Crippen molar-refractivity contribution in [1.29, 1.82) is 0 Å². The fourth-order valence-electron chi connectivity index (χ4n) is 4.87. The molecule has 0 bridgehead atoms. The van der Waals surface area contributed by atoms with Gasteiger partial charge in [0, 0.05) is 17.5 Å². The van der Waals surface area contributed by atoms with Gasteiger partial charge in [-0.15, -0.1) is 0 Å². The van der Waals surface area contributed by atoms with E-state index in [0.717, 1.165) is 18.0 Å². The van der Waals surface area contributed by atoms with Crippen LogP contribution in [0.1, 0.15) is 46.7 Å². The van der Waals surface area contributed by atoms with Gasteiger partial charge >= 0.3 is 6.09 Å². The second kappa shape index (κ2) is 10.4. The Balaban J connectivity index is 1.04. The number of carbonyl (C=O) groups is 2. The molecule has 3 aromatic rings. The van der Waals surface area contributed by atoms with Gasteiger partial charge in [0.2, 0.25) is 0 Å². The lowest BCUT2D eigenvalue weighted by molar-refractivity contribution is 0.102. The lowest BCUT2D eigenvalue weighted by Gasteiger charge is -2.29. The van der Waals surface area contributed by atoms with E-state index >= 15 is 0 Å². The second-order valence-electron chi connectivity index (χ2n) is 10.3. The van der Waals surface area contributed by atoms with Crippen molar-refractivity contribution in [3.63, 3.8) is 0 Å². The van der Waals surface area contributed by atoms with Crippen LogP contribution < -0.4 is 26.0 Å². The van der Waals surface area contributed by atoms with E-state index in [2.05, 4.69) is 22.8 Å². The first-order chi connectivity index (χ1) is 18.5. The quantitative estimate of drug-likeness (QED) is 0.370. The summed E-state index contributed by atoms with van der Waals surface area (Å²) < 4.78 is 11.4. The van der Waals surface area contributed by atoms with Crippen molar-refractivity contribution >= 4 is 29.1 Å². The Hall–Kier alpha value is -4.04. The molecule has 3 aliphatic rings. The molecule has 3 aromatic carbocycles. The highest BCUT2D eigenvalue weighted by Gasteiger charge is 2.38. The minimum absolute atomic E-state index is 0.193. The SMILES string of the molecule is Nc1ccccc1NC(=O)c1ccc2c(c1)OCCN2C(=O)OCc1ccc([C@H]2CC2NCC2CC2)cc1. The molecule has 8 heteroatoms. The van der Waals surface area contributed by atoms with Crippen LogP contribution in [0.4, 0.5) is 21.9 Å². The molecule has 0 aromatic heterocycles. The Labute approximate surface area is 222 Å². The predicted molar refractivity (Wildman–Crippen MR) is 147 cm³/mol. The Morgan fingerprint density at radius 1 is 1.05 bits per heavy atom. The first kappa shape index (κ1) is 24.3. The monoisotopic (exact) mass is 512 g/mol. The molecule has 2 saturated carbocycles. The lowest BCUT2D eigenvalue weighted by atomic mass is 10.1. The summed E-state index contributed by atoms with van der Waals surface area (Å²) in [4.78, 5) is 27.2.